The normalized spacial score (nSPS) is 17.3. The van der Waals surface area contributed by atoms with E-state index in [0.717, 1.165) is 12.8 Å². The first-order valence-electron chi connectivity index (χ1n) is 11.6. The maximum absolute atomic E-state index is 13.1. The Kier molecular flexibility index (Phi) is 9.05. The average Bonchev–Trinajstić information content (AvgIpc) is 2.60. The summed E-state index contributed by atoms with van der Waals surface area (Å²) in [5.74, 6) is -0.944. The van der Waals surface area contributed by atoms with Crippen molar-refractivity contribution in [1.82, 2.24) is 15.5 Å². The summed E-state index contributed by atoms with van der Waals surface area (Å²) in [6.07, 6.45) is 2.50. The Hall–Kier alpha value is -1.96. The predicted molar refractivity (Wildman–Crippen MR) is 125 cm³/mol. The highest BCUT2D eigenvalue weighted by Crippen LogP contribution is 2.48. The third-order valence-corrected chi connectivity index (χ3v) is 6.85. The number of nitrogens with zero attached hydrogens (tertiary/aromatic N) is 1. The van der Waals surface area contributed by atoms with Crippen molar-refractivity contribution in [2.45, 2.75) is 93.0 Å². The van der Waals surface area contributed by atoms with Crippen molar-refractivity contribution in [2.75, 3.05) is 19.6 Å². The van der Waals surface area contributed by atoms with Crippen LogP contribution in [0.3, 0.4) is 0 Å². The molecule has 4 N–H and O–H groups in total. The van der Waals surface area contributed by atoms with Crippen LogP contribution in [0.1, 0.15) is 87.5 Å². The van der Waals surface area contributed by atoms with Crippen molar-refractivity contribution in [3.05, 3.63) is 0 Å². The number of piperidine rings is 1. The summed E-state index contributed by atoms with van der Waals surface area (Å²) in [5.41, 5.74) is 3.13. The molecule has 32 heavy (non-hydrogen) atoms. The zero-order valence-corrected chi connectivity index (χ0v) is 21.3. The van der Waals surface area contributed by atoms with Crippen molar-refractivity contribution in [2.24, 2.45) is 22.0 Å². The molecule has 0 radical (unpaired) electrons. The lowest BCUT2D eigenvalue weighted by Crippen LogP contribution is -2.60. The van der Waals surface area contributed by atoms with E-state index < -0.39 is 16.4 Å². The van der Waals surface area contributed by atoms with Crippen molar-refractivity contribution in [1.29, 1.82) is 0 Å². The minimum Gasteiger partial charge on any atom is -0.355 e. The molecule has 1 fully saturated rings. The zero-order chi connectivity index (χ0) is 25.0. The molecular formula is C24H44N4O4. The van der Waals surface area contributed by atoms with E-state index >= 15 is 0 Å². The number of likely N-dealkylation sites (tertiary alicyclic amines) is 1. The molecule has 1 heterocycles. The van der Waals surface area contributed by atoms with E-state index in [1.165, 1.54) is 4.90 Å². The van der Waals surface area contributed by atoms with Crippen LogP contribution in [-0.4, -0.2) is 53.7 Å². The standard InChI is InChI=1S/C24H44N4O4/c1-21(2,3)24(8)13-18(30)28(19(31)14-24)23(6,7)16-22(4,5)20(32)27-15-17(29)26-12-10-9-11-25/h9-16,25H2,1-8H3,(H,26,29)(H,27,32). The number of nitrogens with one attached hydrogen (secondary N) is 2. The van der Waals surface area contributed by atoms with Gasteiger partial charge in [-0.2, -0.15) is 0 Å². The molecule has 0 spiro atoms. The van der Waals surface area contributed by atoms with Gasteiger partial charge in [-0.25, -0.2) is 0 Å². The summed E-state index contributed by atoms with van der Waals surface area (Å²) in [5, 5.41) is 5.43. The second-order valence-electron chi connectivity index (χ2n) is 11.7. The molecule has 8 nitrogen and oxygen atoms in total. The highest BCUT2D eigenvalue weighted by Gasteiger charge is 2.51. The molecule has 0 aromatic carbocycles. The Morgan fingerprint density at radius 1 is 0.969 bits per heavy atom. The molecule has 4 amide bonds. The summed E-state index contributed by atoms with van der Waals surface area (Å²) < 4.78 is 0. The monoisotopic (exact) mass is 452 g/mol. The van der Waals surface area contributed by atoms with Gasteiger partial charge in [0, 0.05) is 30.3 Å². The second kappa shape index (κ2) is 10.3. The Bertz CT molecular complexity index is 704. The van der Waals surface area contributed by atoms with E-state index in [1.807, 2.05) is 20.8 Å². The molecule has 1 rings (SSSR count). The van der Waals surface area contributed by atoms with Gasteiger partial charge >= 0.3 is 0 Å². The van der Waals surface area contributed by atoms with Crippen LogP contribution in [0.4, 0.5) is 0 Å². The molecular weight excluding hydrogens is 408 g/mol. The lowest BCUT2D eigenvalue weighted by Gasteiger charge is -2.50. The average molecular weight is 453 g/mol. The second-order valence-corrected chi connectivity index (χ2v) is 11.7. The number of hydrogen-bond acceptors (Lipinski definition) is 5. The van der Waals surface area contributed by atoms with Crippen molar-refractivity contribution < 1.29 is 19.2 Å². The highest BCUT2D eigenvalue weighted by atomic mass is 16.2. The molecule has 8 heteroatoms. The van der Waals surface area contributed by atoms with Crippen LogP contribution in [0.25, 0.3) is 0 Å². The van der Waals surface area contributed by atoms with Crippen LogP contribution in [0.5, 0.6) is 0 Å². The molecule has 0 saturated carbocycles. The molecule has 0 bridgehead atoms. The lowest BCUT2D eigenvalue weighted by atomic mass is 9.62. The summed E-state index contributed by atoms with van der Waals surface area (Å²) >= 11 is 0. The van der Waals surface area contributed by atoms with Crippen molar-refractivity contribution >= 4 is 23.6 Å². The number of unbranched alkanes of at least 4 members (excludes halogenated alkanes) is 1. The van der Waals surface area contributed by atoms with Crippen LogP contribution in [0.15, 0.2) is 0 Å². The van der Waals surface area contributed by atoms with Gasteiger partial charge in [0.2, 0.25) is 23.6 Å². The van der Waals surface area contributed by atoms with Gasteiger partial charge in [0.1, 0.15) is 0 Å². The number of nitrogens with two attached hydrogens (primary N) is 1. The van der Waals surface area contributed by atoms with Crippen LogP contribution in [-0.2, 0) is 19.2 Å². The minimum absolute atomic E-state index is 0.114. The molecule has 1 aliphatic heterocycles. The topological polar surface area (TPSA) is 122 Å². The summed E-state index contributed by atoms with van der Waals surface area (Å²) in [7, 11) is 0. The highest BCUT2D eigenvalue weighted by molar-refractivity contribution is 5.99. The number of rotatable bonds is 10. The molecule has 0 aliphatic carbocycles. The van der Waals surface area contributed by atoms with Gasteiger partial charge in [0.15, 0.2) is 0 Å². The van der Waals surface area contributed by atoms with Gasteiger partial charge in [-0.3, -0.25) is 24.1 Å². The fraction of sp³-hybridized carbons (Fsp3) is 0.833. The third kappa shape index (κ3) is 7.02. The number of carbonyl (C=O) groups is 4. The van der Waals surface area contributed by atoms with Gasteiger partial charge in [0.05, 0.1) is 6.54 Å². The maximum Gasteiger partial charge on any atom is 0.239 e. The maximum atomic E-state index is 13.1. The van der Waals surface area contributed by atoms with Crippen LogP contribution < -0.4 is 16.4 Å². The Morgan fingerprint density at radius 2 is 1.50 bits per heavy atom. The van der Waals surface area contributed by atoms with Gasteiger partial charge in [-0.05, 0) is 50.5 Å². The molecule has 0 atom stereocenters. The van der Waals surface area contributed by atoms with Crippen LogP contribution in [0, 0.1) is 16.2 Å². The Labute approximate surface area is 193 Å². The summed E-state index contributed by atoms with van der Waals surface area (Å²) in [6, 6.07) is 0. The fourth-order valence-electron chi connectivity index (χ4n) is 4.43. The third-order valence-electron chi connectivity index (χ3n) is 6.85. The first-order chi connectivity index (χ1) is 14.5. The molecule has 184 valence electrons. The fourth-order valence-corrected chi connectivity index (χ4v) is 4.43. The smallest absolute Gasteiger partial charge is 0.239 e. The molecule has 0 aromatic heterocycles. The zero-order valence-electron chi connectivity index (χ0n) is 21.3. The van der Waals surface area contributed by atoms with E-state index in [4.69, 9.17) is 5.73 Å². The van der Waals surface area contributed by atoms with Gasteiger partial charge in [0.25, 0.3) is 0 Å². The van der Waals surface area contributed by atoms with E-state index in [0.29, 0.717) is 25.9 Å². The SMILES string of the molecule is CC(C)(CC(C)(C)N1C(=O)CC(C)(C(C)(C)C)CC1=O)C(=O)NCC(=O)NCCCCN. The molecule has 1 aliphatic rings. The predicted octanol–water partition coefficient (Wildman–Crippen LogP) is 2.35. The quantitative estimate of drug-likeness (QED) is 0.347. The molecule has 0 aromatic rings. The molecule has 1 saturated heterocycles. The minimum atomic E-state index is -0.880. The summed E-state index contributed by atoms with van der Waals surface area (Å²) in [6.45, 7) is 16.3. The Morgan fingerprint density at radius 3 is 1.97 bits per heavy atom. The first-order valence-corrected chi connectivity index (χ1v) is 11.6. The first kappa shape index (κ1) is 28.1. The summed E-state index contributed by atoms with van der Waals surface area (Å²) in [4.78, 5) is 52.2. The van der Waals surface area contributed by atoms with Crippen LogP contribution >= 0.6 is 0 Å². The van der Waals surface area contributed by atoms with E-state index in [2.05, 4.69) is 31.4 Å². The lowest BCUT2D eigenvalue weighted by molar-refractivity contribution is -0.165. The van der Waals surface area contributed by atoms with E-state index in [9.17, 15) is 19.2 Å². The number of amides is 4. The number of hydrogen-bond donors (Lipinski definition) is 3. The van der Waals surface area contributed by atoms with Crippen molar-refractivity contribution in [3.8, 4) is 0 Å². The van der Waals surface area contributed by atoms with Gasteiger partial charge in [-0.15, -0.1) is 0 Å². The number of carbonyl (C=O) groups excluding carboxylic acids is 4. The van der Waals surface area contributed by atoms with E-state index in [-0.39, 0.29) is 42.0 Å². The van der Waals surface area contributed by atoms with Crippen molar-refractivity contribution in [3.63, 3.8) is 0 Å². The molecule has 0 unspecified atom stereocenters. The largest absolute Gasteiger partial charge is 0.355 e. The van der Waals surface area contributed by atoms with Crippen LogP contribution in [0.2, 0.25) is 0 Å². The number of imide groups is 1. The van der Waals surface area contributed by atoms with E-state index in [1.54, 1.807) is 13.8 Å². The Balaban J connectivity index is 2.78. The van der Waals surface area contributed by atoms with Gasteiger partial charge in [-0.1, -0.05) is 41.5 Å². The van der Waals surface area contributed by atoms with Gasteiger partial charge < -0.3 is 16.4 Å².